The molecular formula is C18H22N2O5S. The molecule has 1 fully saturated rings. The second kappa shape index (κ2) is 7.49. The van der Waals surface area contributed by atoms with E-state index in [1.807, 2.05) is 30.5 Å². The predicted molar refractivity (Wildman–Crippen MR) is 97.4 cm³/mol. The van der Waals surface area contributed by atoms with E-state index < -0.39 is 15.8 Å². The number of nitrogens with zero attached hydrogens (tertiary/aromatic N) is 1. The summed E-state index contributed by atoms with van der Waals surface area (Å²) in [6.07, 6.45) is 3.00. The summed E-state index contributed by atoms with van der Waals surface area (Å²) < 4.78 is 28.1. The lowest BCUT2D eigenvalue weighted by Crippen LogP contribution is -2.40. The van der Waals surface area contributed by atoms with Gasteiger partial charge in [0.15, 0.2) is 16.4 Å². The Labute approximate surface area is 152 Å². The van der Waals surface area contributed by atoms with Crippen LogP contribution in [0.2, 0.25) is 0 Å². The van der Waals surface area contributed by atoms with E-state index >= 15 is 0 Å². The first-order valence-electron chi connectivity index (χ1n) is 8.52. The number of benzene rings is 1. The van der Waals surface area contributed by atoms with Gasteiger partial charge in [0.25, 0.3) is 5.91 Å². The van der Waals surface area contributed by atoms with Gasteiger partial charge in [-0.3, -0.25) is 9.59 Å². The first kappa shape index (κ1) is 18.4. The van der Waals surface area contributed by atoms with E-state index in [1.54, 1.807) is 7.05 Å². The van der Waals surface area contributed by atoms with E-state index in [-0.39, 0.29) is 36.5 Å². The maximum Gasteiger partial charge on any atom is 0.306 e. The topological polar surface area (TPSA) is 96.5 Å². The monoisotopic (exact) mass is 378 g/mol. The Bertz CT molecular complexity index is 919. The largest absolute Gasteiger partial charge is 0.456 e. The molecule has 0 radical (unpaired) electrons. The average Bonchev–Trinajstić information content (AvgIpc) is 3.20. The first-order chi connectivity index (χ1) is 12.4. The number of rotatable bonds is 6. The molecule has 1 aromatic heterocycles. The van der Waals surface area contributed by atoms with Gasteiger partial charge in [-0.05, 0) is 24.5 Å². The van der Waals surface area contributed by atoms with Gasteiger partial charge in [-0.15, -0.1) is 0 Å². The van der Waals surface area contributed by atoms with Crippen LogP contribution < -0.4 is 0 Å². The number of nitrogens with one attached hydrogen (secondary N) is 1. The summed E-state index contributed by atoms with van der Waals surface area (Å²) in [5, 5.41) is 1.07. The standard InChI is InChI=1S/C18H22N2O5S/c1-20(14-8-9-26(23,24)12-14)17(21)11-25-18(22)7-6-13-10-19-16-5-3-2-4-15(13)16/h2-5,10,14,19H,6-9,11-12H2,1H3/t14-/m1/s1. The average molecular weight is 378 g/mol. The molecule has 0 unspecified atom stereocenters. The summed E-state index contributed by atoms with van der Waals surface area (Å²) in [4.78, 5) is 28.6. The van der Waals surface area contributed by atoms with Gasteiger partial charge in [0.2, 0.25) is 0 Å². The highest BCUT2D eigenvalue weighted by Crippen LogP contribution is 2.19. The Morgan fingerprint density at radius 2 is 2.08 bits per heavy atom. The molecule has 140 valence electrons. The Morgan fingerprint density at radius 1 is 1.31 bits per heavy atom. The minimum atomic E-state index is -3.06. The van der Waals surface area contributed by atoms with Crippen LogP contribution >= 0.6 is 0 Å². The Balaban J connectivity index is 1.46. The molecule has 1 aliphatic heterocycles. The zero-order chi connectivity index (χ0) is 18.7. The third-order valence-corrected chi connectivity index (χ3v) is 6.53. The molecule has 1 saturated heterocycles. The van der Waals surface area contributed by atoms with Gasteiger partial charge >= 0.3 is 5.97 Å². The van der Waals surface area contributed by atoms with E-state index in [1.165, 1.54) is 4.90 Å². The fourth-order valence-electron chi connectivity index (χ4n) is 3.18. The van der Waals surface area contributed by atoms with Crippen molar-refractivity contribution in [2.75, 3.05) is 25.2 Å². The van der Waals surface area contributed by atoms with Crippen molar-refractivity contribution in [2.45, 2.75) is 25.3 Å². The number of hydrogen-bond acceptors (Lipinski definition) is 5. The number of ether oxygens (including phenoxy) is 1. The highest BCUT2D eigenvalue weighted by atomic mass is 32.2. The molecule has 1 amide bonds. The number of aromatic nitrogens is 1. The van der Waals surface area contributed by atoms with Crippen LogP contribution in [-0.2, 0) is 30.6 Å². The molecule has 1 aliphatic rings. The number of sulfone groups is 1. The summed E-state index contributed by atoms with van der Waals surface area (Å²) in [6, 6.07) is 7.50. The molecule has 26 heavy (non-hydrogen) atoms. The number of carbonyl (C=O) groups is 2. The van der Waals surface area contributed by atoms with Crippen LogP contribution in [0.25, 0.3) is 10.9 Å². The predicted octanol–water partition coefficient (Wildman–Crippen LogP) is 1.29. The van der Waals surface area contributed by atoms with Gasteiger partial charge in [0, 0.05) is 36.6 Å². The second-order valence-electron chi connectivity index (χ2n) is 6.58. The molecule has 2 aromatic rings. The summed E-state index contributed by atoms with van der Waals surface area (Å²) in [6.45, 7) is -0.361. The van der Waals surface area contributed by atoms with Crippen LogP contribution in [0.1, 0.15) is 18.4 Å². The lowest BCUT2D eigenvalue weighted by Gasteiger charge is -2.23. The van der Waals surface area contributed by atoms with Crippen molar-refractivity contribution in [3.8, 4) is 0 Å². The van der Waals surface area contributed by atoms with E-state index in [0.717, 1.165) is 16.5 Å². The first-order valence-corrected chi connectivity index (χ1v) is 10.3. The summed E-state index contributed by atoms with van der Waals surface area (Å²) in [5.74, 6) is -0.757. The highest BCUT2D eigenvalue weighted by Gasteiger charge is 2.32. The van der Waals surface area contributed by atoms with Crippen LogP contribution in [0.4, 0.5) is 0 Å². The normalized spacial score (nSPS) is 18.7. The number of aromatic amines is 1. The van der Waals surface area contributed by atoms with Gasteiger partial charge < -0.3 is 14.6 Å². The van der Waals surface area contributed by atoms with Gasteiger partial charge in [-0.1, -0.05) is 18.2 Å². The number of para-hydroxylation sites is 1. The molecule has 0 aliphatic carbocycles. The van der Waals surface area contributed by atoms with Crippen molar-refractivity contribution in [3.63, 3.8) is 0 Å². The van der Waals surface area contributed by atoms with Crippen molar-refractivity contribution in [1.29, 1.82) is 0 Å². The number of H-pyrrole nitrogens is 1. The molecule has 0 bridgehead atoms. The van der Waals surface area contributed by atoms with Crippen molar-refractivity contribution in [1.82, 2.24) is 9.88 Å². The van der Waals surface area contributed by atoms with Gasteiger partial charge in [-0.2, -0.15) is 0 Å². The molecule has 0 saturated carbocycles. The van der Waals surface area contributed by atoms with Crippen LogP contribution in [0, 0.1) is 0 Å². The smallest absolute Gasteiger partial charge is 0.306 e. The number of fused-ring (bicyclic) bond motifs is 1. The molecule has 8 heteroatoms. The molecule has 0 spiro atoms. The maximum absolute atomic E-state index is 12.1. The molecule has 1 aromatic carbocycles. The Morgan fingerprint density at radius 3 is 2.81 bits per heavy atom. The van der Waals surface area contributed by atoms with Gasteiger partial charge in [0.05, 0.1) is 11.5 Å². The number of aryl methyl sites for hydroxylation is 1. The maximum atomic E-state index is 12.1. The second-order valence-corrected chi connectivity index (χ2v) is 8.81. The Kier molecular flexibility index (Phi) is 5.31. The van der Waals surface area contributed by atoms with Crippen molar-refractivity contribution in [3.05, 3.63) is 36.0 Å². The van der Waals surface area contributed by atoms with Gasteiger partial charge in [0.1, 0.15) is 0 Å². The summed E-state index contributed by atoms with van der Waals surface area (Å²) >= 11 is 0. The fraction of sp³-hybridized carbons (Fsp3) is 0.444. The van der Waals surface area contributed by atoms with Crippen molar-refractivity contribution in [2.24, 2.45) is 0 Å². The number of carbonyl (C=O) groups excluding carboxylic acids is 2. The van der Waals surface area contributed by atoms with Crippen LogP contribution in [-0.4, -0.2) is 61.4 Å². The number of likely N-dealkylation sites (N-methyl/N-ethyl adjacent to an activating group) is 1. The third-order valence-electron chi connectivity index (χ3n) is 4.78. The lowest BCUT2D eigenvalue weighted by molar-refractivity contribution is -0.152. The highest BCUT2D eigenvalue weighted by molar-refractivity contribution is 7.91. The molecule has 1 atom stereocenters. The zero-order valence-corrected chi connectivity index (χ0v) is 15.4. The molecule has 7 nitrogen and oxygen atoms in total. The fourth-order valence-corrected chi connectivity index (χ4v) is 4.95. The minimum absolute atomic E-state index is 0.0241. The SMILES string of the molecule is CN(C(=O)COC(=O)CCc1c[nH]c2ccccc12)[C@@H]1CCS(=O)(=O)C1. The van der Waals surface area contributed by atoms with Crippen LogP contribution in [0.15, 0.2) is 30.5 Å². The van der Waals surface area contributed by atoms with Crippen molar-refractivity contribution >= 4 is 32.6 Å². The van der Waals surface area contributed by atoms with Crippen LogP contribution in [0.3, 0.4) is 0 Å². The molecule has 1 N–H and O–H groups in total. The minimum Gasteiger partial charge on any atom is -0.456 e. The quantitative estimate of drug-likeness (QED) is 0.764. The number of esters is 1. The summed E-state index contributed by atoms with van der Waals surface area (Å²) in [7, 11) is -1.51. The summed E-state index contributed by atoms with van der Waals surface area (Å²) in [5.41, 5.74) is 2.04. The molecular weight excluding hydrogens is 356 g/mol. The van der Waals surface area contributed by atoms with Gasteiger partial charge in [-0.25, -0.2) is 8.42 Å². The lowest BCUT2D eigenvalue weighted by atomic mass is 10.1. The van der Waals surface area contributed by atoms with E-state index in [9.17, 15) is 18.0 Å². The molecule has 3 rings (SSSR count). The van der Waals surface area contributed by atoms with E-state index in [2.05, 4.69) is 4.98 Å². The van der Waals surface area contributed by atoms with E-state index in [0.29, 0.717) is 12.8 Å². The third kappa shape index (κ3) is 4.24. The number of hydrogen-bond donors (Lipinski definition) is 1. The number of amides is 1. The zero-order valence-electron chi connectivity index (χ0n) is 14.6. The van der Waals surface area contributed by atoms with E-state index in [4.69, 9.17) is 4.74 Å². The molecule has 2 heterocycles. The van der Waals surface area contributed by atoms with Crippen molar-refractivity contribution < 1.29 is 22.7 Å². The Hall–Kier alpha value is -2.35. The van der Waals surface area contributed by atoms with Crippen LogP contribution in [0.5, 0.6) is 0 Å².